The first kappa shape index (κ1) is 20.5. The number of aromatic nitrogens is 1. The lowest BCUT2D eigenvalue weighted by Gasteiger charge is -2.36. The van der Waals surface area contributed by atoms with E-state index in [1.165, 1.54) is 15.3 Å². The quantitative estimate of drug-likeness (QED) is 0.449. The van der Waals surface area contributed by atoms with Crippen LogP contribution in [0.5, 0.6) is 5.75 Å². The number of thiazole rings is 1. The summed E-state index contributed by atoms with van der Waals surface area (Å²) in [5, 5.41) is 12.8. The normalized spacial score (nSPS) is 21.0. The number of benzene rings is 2. The summed E-state index contributed by atoms with van der Waals surface area (Å²) in [6.45, 7) is 7.27. The van der Waals surface area contributed by atoms with Crippen molar-refractivity contribution in [3.63, 3.8) is 0 Å². The van der Waals surface area contributed by atoms with Gasteiger partial charge in [-0.1, -0.05) is 25.1 Å². The maximum atomic E-state index is 10.6. The monoisotopic (exact) mass is 436 g/mol. The minimum Gasteiger partial charge on any atom is -0.490 e. The molecule has 0 amide bonds. The first-order valence-electron chi connectivity index (χ1n) is 10.9. The number of β-amino-alcohol motifs (C(OH)–C–C–N with tert-alkyl or cyclic N) is 1. The Kier molecular flexibility index (Phi) is 5.69. The molecular weight excluding hydrogens is 408 g/mol. The molecule has 1 fully saturated rings. The molecule has 1 aliphatic heterocycles. The number of furan rings is 1. The van der Waals surface area contributed by atoms with Crippen LogP contribution in [-0.2, 0) is 0 Å². The molecule has 4 aromatic rings. The number of aryl methyl sites for hydroxylation is 1. The van der Waals surface area contributed by atoms with Gasteiger partial charge in [-0.25, -0.2) is 4.98 Å². The lowest BCUT2D eigenvalue weighted by Crippen LogP contribution is -2.43. The number of aliphatic hydroxyl groups excluding tert-OH is 1. The fraction of sp³-hybridized carbons (Fsp3) is 0.400. The van der Waals surface area contributed by atoms with Crippen molar-refractivity contribution in [1.82, 2.24) is 9.88 Å². The fourth-order valence-corrected chi connectivity index (χ4v) is 5.97. The Morgan fingerprint density at radius 1 is 1.26 bits per heavy atom. The van der Waals surface area contributed by atoms with Gasteiger partial charge in [0.25, 0.3) is 0 Å². The summed E-state index contributed by atoms with van der Waals surface area (Å²) >= 11 is 1.84. The average molecular weight is 437 g/mol. The SMILES string of the molecule is Cc1cccc2sc([C@H]3CCN(C[C@H](O)COc4cccc5occc45)C[C@@H]3C)nc12. The topological polar surface area (TPSA) is 58.7 Å². The zero-order valence-corrected chi connectivity index (χ0v) is 18.8. The van der Waals surface area contributed by atoms with E-state index in [1.54, 1.807) is 6.26 Å². The predicted molar refractivity (Wildman–Crippen MR) is 125 cm³/mol. The van der Waals surface area contributed by atoms with Gasteiger partial charge in [0.15, 0.2) is 0 Å². The van der Waals surface area contributed by atoms with E-state index in [0.29, 0.717) is 18.4 Å². The van der Waals surface area contributed by atoms with Gasteiger partial charge in [-0.05, 0) is 55.6 Å². The number of hydrogen-bond donors (Lipinski definition) is 1. The molecule has 0 bridgehead atoms. The molecule has 0 spiro atoms. The Balaban J connectivity index is 1.17. The Labute approximate surface area is 186 Å². The van der Waals surface area contributed by atoms with Crippen LogP contribution in [0.3, 0.4) is 0 Å². The molecule has 2 aromatic heterocycles. The van der Waals surface area contributed by atoms with Crippen LogP contribution in [-0.4, -0.2) is 47.3 Å². The molecule has 6 heteroatoms. The fourth-order valence-electron chi connectivity index (χ4n) is 4.66. The summed E-state index contributed by atoms with van der Waals surface area (Å²) in [5.74, 6) is 1.74. The zero-order valence-electron chi connectivity index (χ0n) is 18.0. The highest BCUT2D eigenvalue weighted by atomic mass is 32.1. The summed E-state index contributed by atoms with van der Waals surface area (Å²) < 4.78 is 12.6. The first-order valence-corrected chi connectivity index (χ1v) is 11.8. The average Bonchev–Trinajstić information content (AvgIpc) is 3.40. The number of nitrogens with zero attached hydrogens (tertiary/aromatic N) is 2. The molecule has 5 rings (SSSR count). The molecule has 1 saturated heterocycles. The van der Waals surface area contributed by atoms with E-state index in [9.17, 15) is 5.11 Å². The van der Waals surface area contributed by atoms with E-state index in [-0.39, 0.29) is 6.61 Å². The number of fused-ring (bicyclic) bond motifs is 2. The van der Waals surface area contributed by atoms with E-state index in [1.807, 2.05) is 35.6 Å². The highest BCUT2D eigenvalue weighted by molar-refractivity contribution is 7.18. The maximum Gasteiger partial charge on any atom is 0.137 e. The van der Waals surface area contributed by atoms with Gasteiger partial charge in [0.2, 0.25) is 0 Å². The molecule has 0 radical (unpaired) electrons. The minimum atomic E-state index is -0.531. The maximum absolute atomic E-state index is 10.6. The van der Waals surface area contributed by atoms with Gasteiger partial charge in [0, 0.05) is 19.0 Å². The third-order valence-corrected chi connectivity index (χ3v) is 7.45. The molecule has 1 aliphatic rings. The van der Waals surface area contributed by atoms with Gasteiger partial charge in [0.05, 0.1) is 26.9 Å². The number of piperidine rings is 1. The first-order chi connectivity index (χ1) is 15.1. The Morgan fingerprint density at radius 3 is 2.97 bits per heavy atom. The minimum absolute atomic E-state index is 0.274. The van der Waals surface area contributed by atoms with Gasteiger partial charge >= 0.3 is 0 Å². The Morgan fingerprint density at radius 2 is 2.13 bits per heavy atom. The summed E-state index contributed by atoms with van der Waals surface area (Å²) in [5.41, 5.74) is 3.20. The third kappa shape index (κ3) is 4.20. The summed E-state index contributed by atoms with van der Waals surface area (Å²) in [6.07, 6.45) is 2.20. The number of likely N-dealkylation sites (tertiary alicyclic amines) is 1. The van der Waals surface area contributed by atoms with E-state index in [4.69, 9.17) is 14.1 Å². The molecule has 0 unspecified atom stereocenters. The van der Waals surface area contributed by atoms with Crippen LogP contribution in [0.2, 0.25) is 0 Å². The highest BCUT2D eigenvalue weighted by Gasteiger charge is 2.30. The third-order valence-electron chi connectivity index (χ3n) is 6.30. The van der Waals surface area contributed by atoms with Gasteiger partial charge in [-0.3, -0.25) is 0 Å². The van der Waals surface area contributed by atoms with E-state index in [2.05, 4.69) is 36.9 Å². The summed E-state index contributed by atoms with van der Waals surface area (Å²) in [6, 6.07) is 14.0. The molecule has 31 heavy (non-hydrogen) atoms. The van der Waals surface area contributed by atoms with E-state index >= 15 is 0 Å². The van der Waals surface area contributed by atoms with Crippen LogP contribution in [0.4, 0.5) is 0 Å². The van der Waals surface area contributed by atoms with Crippen molar-refractivity contribution in [2.45, 2.75) is 32.3 Å². The lowest BCUT2D eigenvalue weighted by atomic mass is 9.87. The molecule has 1 N–H and O–H groups in total. The van der Waals surface area contributed by atoms with Crippen molar-refractivity contribution in [2.75, 3.05) is 26.2 Å². The van der Waals surface area contributed by atoms with Crippen molar-refractivity contribution in [3.05, 3.63) is 59.3 Å². The number of hydrogen-bond acceptors (Lipinski definition) is 6. The highest BCUT2D eigenvalue weighted by Crippen LogP contribution is 2.37. The van der Waals surface area contributed by atoms with Crippen LogP contribution >= 0.6 is 11.3 Å². The van der Waals surface area contributed by atoms with Crippen molar-refractivity contribution in [2.24, 2.45) is 5.92 Å². The predicted octanol–water partition coefficient (Wildman–Crippen LogP) is 5.22. The van der Waals surface area contributed by atoms with Crippen LogP contribution < -0.4 is 4.74 Å². The lowest BCUT2D eigenvalue weighted by molar-refractivity contribution is 0.0500. The molecule has 2 aromatic carbocycles. The second-order valence-electron chi connectivity index (χ2n) is 8.66. The van der Waals surface area contributed by atoms with Gasteiger partial charge < -0.3 is 19.2 Å². The van der Waals surface area contributed by atoms with E-state index < -0.39 is 6.10 Å². The molecule has 3 atom stereocenters. The largest absolute Gasteiger partial charge is 0.490 e. The second kappa shape index (κ2) is 8.61. The van der Waals surface area contributed by atoms with Gasteiger partial charge in [0.1, 0.15) is 24.0 Å². The molecular formula is C25H28N2O3S. The molecule has 0 aliphatic carbocycles. The summed E-state index contributed by atoms with van der Waals surface area (Å²) in [4.78, 5) is 7.33. The van der Waals surface area contributed by atoms with Gasteiger partial charge in [-0.15, -0.1) is 11.3 Å². The van der Waals surface area contributed by atoms with Crippen LogP contribution in [0.1, 0.15) is 29.8 Å². The van der Waals surface area contributed by atoms with Crippen LogP contribution in [0.25, 0.3) is 21.2 Å². The van der Waals surface area contributed by atoms with Gasteiger partial charge in [-0.2, -0.15) is 0 Å². The molecule has 5 nitrogen and oxygen atoms in total. The number of aliphatic hydroxyl groups is 1. The number of rotatable bonds is 6. The van der Waals surface area contributed by atoms with E-state index in [0.717, 1.165) is 41.7 Å². The number of para-hydroxylation sites is 1. The molecule has 3 heterocycles. The van der Waals surface area contributed by atoms with Crippen LogP contribution in [0.15, 0.2) is 53.1 Å². The van der Waals surface area contributed by atoms with Crippen molar-refractivity contribution >= 4 is 32.5 Å². The summed E-state index contributed by atoms with van der Waals surface area (Å²) in [7, 11) is 0. The van der Waals surface area contributed by atoms with Crippen molar-refractivity contribution in [3.8, 4) is 5.75 Å². The van der Waals surface area contributed by atoms with Crippen molar-refractivity contribution < 1.29 is 14.3 Å². The molecule has 162 valence electrons. The standard InChI is InChI=1S/C25H28N2O3S/c1-16-5-3-8-23-24(16)26-25(31-23)19-9-11-27(13-17(19)2)14-18(28)15-30-22-7-4-6-21-20(22)10-12-29-21/h3-8,10,12,17-19,28H,9,11,13-15H2,1-2H3/t17-,18-,19-/m0/s1. The Hall–Kier alpha value is -2.41. The smallest absolute Gasteiger partial charge is 0.137 e. The second-order valence-corrected chi connectivity index (χ2v) is 9.72. The van der Waals surface area contributed by atoms with Crippen molar-refractivity contribution in [1.29, 1.82) is 0 Å². The number of ether oxygens (including phenoxy) is 1. The molecule has 0 saturated carbocycles. The zero-order chi connectivity index (χ0) is 21.4. The van der Waals surface area contributed by atoms with Crippen LogP contribution in [0, 0.1) is 12.8 Å². The Bertz CT molecular complexity index is 1180.